The van der Waals surface area contributed by atoms with Crippen LogP contribution in [-0.2, 0) is 10.0 Å². The van der Waals surface area contributed by atoms with E-state index in [2.05, 4.69) is 5.32 Å². The van der Waals surface area contributed by atoms with Gasteiger partial charge in [-0.25, -0.2) is 8.42 Å². The Morgan fingerprint density at radius 2 is 1.86 bits per heavy atom. The third-order valence-corrected chi connectivity index (χ3v) is 6.71. The van der Waals surface area contributed by atoms with Crippen LogP contribution in [0.25, 0.3) is 0 Å². The largest absolute Gasteiger partial charge is 0.495 e. The highest BCUT2D eigenvalue weighted by molar-refractivity contribution is 7.89. The van der Waals surface area contributed by atoms with Crippen LogP contribution in [0.5, 0.6) is 5.75 Å². The summed E-state index contributed by atoms with van der Waals surface area (Å²) >= 11 is 0. The van der Waals surface area contributed by atoms with Gasteiger partial charge in [-0.2, -0.15) is 4.31 Å². The molecule has 3 rings (SSSR count). The second kappa shape index (κ2) is 8.18. The number of nitrogens with zero attached hydrogens (tertiary/aromatic N) is 2. The molecule has 2 aromatic rings. The number of methoxy groups -OCH3 is 1. The fourth-order valence-electron chi connectivity index (χ4n) is 3.14. The van der Waals surface area contributed by atoms with E-state index in [9.17, 15) is 23.3 Å². The Bertz CT molecular complexity index is 1060. The van der Waals surface area contributed by atoms with Crippen LogP contribution in [0.1, 0.15) is 28.8 Å². The Kier molecular flexibility index (Phi) is 5.85. The molecule has 0 radical (unpaired) electrons. The number of carbonyl (C=O) groups is 1. The Balaban J connectivity index is 1.94. The summed E-state index contributed by atoms with van der Waals surface area (Å²) in [5.74, 6) is -0.422. The Morgan fingerprint density at radius 3 is 2.48 bits per heavy atom. The van der Waals surface area contributed by atoms with Crippen molar-refractivity contribution in [2.45, 2.75) is 24.7 Å². The topological polar surface area (TPSA) is 119 Å². The van der Waals surface area contributed by atoms with Crippen LogP contribution in [0, 0.1) is 17.0 Å². The molecule has 0 aliphatic carbocycles. The first kappa shape index (κ1) is 20.7. The van der Waals surface area contributed by atoms with Crippen molar-refractivity contribution in [2.75, 3.05) is 25.5 Å². The molecular weight excluding hydrogens is 398 g/mol. The lowest BCUT2D eigenvalue weighted by atomic mass is 10.1. The summed E-state index contributed by atoms with van der Waals surface area (Å²) in [6.07, 6.45) is 1.57. The maximum absolute atomic E-state index is 13.0. The molecule has 2 aromatic carbocycles. The summed E-state index contributed by atoms with van der Waals surface area (Å²) in [6, 6.07) is 8.29. The van der Waals surface area contributed by atoms with Crippen LogP contribution < -0.4 is 10.1 Å². The van der Waals surface area contributed by atoms with Gasteiger partial charge in [0.25, 0.3) is 11.6 Å². The molecular formula is C19H21N3O6S. The zero-order chi connectivity index (χ0) is 21.2. The summed E-state index contributed by atoms with van der Waals surface area (Å²) < 4.78 is 32.5. The highest BCUT2D eigenvalue weighted by Crippen LogP contribution is 2.30. The second-order valence-electron chi connectivity index (χ2n) is 6.69. The molecule has 0 atom stereocenters. The smallest absolute Gasteiger partial charge is 0.271 e. The number of carbonyl (C=O) groups excluding carboxylic acids is 1. The number of anilines is 1. The summed E-state index contributed by atoms with van der Waals surface area (Å²) in [6.45, 7) is 2.56. The third kappa shape index (κ3) is 4.22. The fraction of sp³-hybridized carbons (Fsp3) is 0.316. The van der Waals surface area contributed by atoms with Crippen LogP contribution in [-0.4, -0.2) is 43.8 Å². The summed E-state index contributed by atoms with van der Waals surface area (Å²) in [5.41, 5.74) is 0.874. The first-order chi connectivity index (χ1) is 13.7. The molecule has 10 heteroatoms. The quantitative estimate of drug-likeness (QED) is 0.568. The van der Waals surface area contributed by atoms with Crippen LogP contribution in [0.4, 0.5) is 11.4 Å². The van der Waals surface area contributed by atoms with Crippen molar-refractivity contribution in [3.8, 4) is 5.75 Å². The van der Waals surface area contributed by atoms with Gasteiger partial charge in [-0.15, -0.1) is 0 Å². The van der Waals surface area contributed by atoms with E-state index in [0.717, 1.165) is 12.8 Å². The van der Waals surface area contributed by atoms with E-state index in [1.54, 1.807) is 6.92 Å². The fourth-order valence-corrected chi connectivity index (χ4v) is 4.84. The van der Waals surface area contributed by atoms with E-state index >= 15 is 0 Å². The summed E-state index contributed by atoms with van der Waals surface area (Å²) in [4.78, 5) is 23.1. The molecule has 1 amide bonds. The molecule has 0 unspecified atom stereocenters. The minimum absolute atomic E-state index is 0.0784. The van der Waals surface area contributed by atoms with Gasteiger partial charge in [-0.05, 0) is 43.5 Å². The van der Waals surface area contributed by atoms with Crippen LogP contribution in [0.15, 0.2) is 41.3 Å². The standard InChI is InChI=1S/C19H21N3O6S/c1-13-5-7-15(22(24)25)12-16(13)20-19(23)14-6-8-17(28-2)18(11-14)29(26,27)21-9-3-4-10-21/h5-8,11-12H,3-4,9-10H2,1-2H3,(H,20,23). The van der Waals surface area contributed by atoms with Crippen molar-refractivity contribution in [2.24, 2.45) is 0 Å². The molecule has 29 heavy (non-hydrogen) atoms. The van der Waals surface area contributed by atoms with Crippen molar-refractivity contribution >= 4 is 27.3 Å². The van der Waals surface area contributed by atoms with Gasteiger partial charge in [0, 0.05) is 30.8 Å². The summed E-state index contributed by atoms with van der Waals surface area (Å²) in [5, 5.41) is 13.6. The Morgan fingerprint density at radius 1 is 1.17 bits per heavy atom. The molecule has 154 valence electrons. The van der Waals surface area contributed by atoms with Gasteiger partial charge in [0.2, 0.25) is 10.0 Å². The minimum Gasteiger partial charge on any atom is -0.495 e. The molecule has 0 aromatic heterocycles. The zero-order valence-electron chi connectivity index (χ0n) is 16.0. The van der Waals surface area contributed by atoms with Crippen molar-refractivity contribution < 1.29 is 22.9 Å². The first-order valence-electron chi connectivity index (χ1n) is 8.98. The zero-order valence-corrected chi connectivity index (χ0v) is 16.9. The van der Waals surface area contributed by atoms with Gasteiger partial charge < -0.3 is 10.1 Å². The molecule has 1 heterocycles. The van der Waals surface area contributed by atoms with E-state index in [-0.39, 0.29) is 27.6 Å². The van der Waals surface area contributed by atoms with Gasteiger partial charge in [-0.3, -0.25) is 14.9 Å². The van der Waals surface area contributed by atoms with Crippen LogP contribution >= 0.6 is 0 Å². The maximum Gasteiger partial charge on any atom is 0.271 e. The van der Waals surface area contributed by atoms with E-state index in [4.69, 9.17) is 4.74 Å². The highest BCUT2D eigenvalue weighted by Gasteiger charge is 2.30. The van der Waals surface area contributed by atoms with Crippen molar-refractivity contribution in [1.29, 1.82) is 0 Å². The third-order valence-electron chi connectivity index (χ3n) is 4.79. The minimum atomic E-state index is -3.80. The normalized spacial score (nSPS) is 14.6. The second-order valence-corrected chi connectivity index (χ2v) is 8.59. The van der Waals surface area contributed by atoms with Gasteiger partial charge in [0.05, 0.1) is 17.7 Å². The Hall–Kier alpha value is -2.98. The highest BCUT2D eigenvalue weighted by atomic mass is 32.2. The number of rotatable bonds is 6. The summed E-state index contributed by atoms with van der Waals surface area (Å²) in [7, 11) is -2.43. The molecule has 0 spiro atoms. The molecule has 1 aliphatic heterocycles. The van der Waals surface area contributed by atoms with E-state index in [1.807, 2.05) is 0 Å². The van der Waals surface area contributed by atoms with Gasteiger partial charge in [0.15, 0.2) is 0 Å². The molecule has 1 aliphatic rings. The van der Waals surface area contributed by atoms with E-state index in [0.29, 0.717) is 18.7 Å². The average molecular weight is 419 g/mol. The molecule has 0 bridgehead atoms. The Labute approximate surface area is 168 Å². The number of nitro groups is 1. The number of amides is 1. The van der Waals surface area contributed by atoms with Crippen molar-refractivity contribution in [1.82, 2.24) is 4.31 Å². The van der Waals surface area contributed by atoms with Crippen LogP contribution in [0.3, 0.4) is 0 Å². The van der Waals surface area contributed by atoms with E-state index in [1.165, 1.54) is 47.8 Å². The predicted octanol–water partition coefficient (Wildman–Crippen LogP) is 2.95. The number of non-ortho nitro benzene ring substituents is 1. The number of sulfonamides is 1. The van der Waals surface area contributed by atoms with Crippen molar-refractivity contribution in [3.05, 3.63) is 57.6 Å². The lowest BCUT2D eigenvalue weighted by Crippen LogP contribution is -2.28. The number of benzene rings is 2. The van der Waals surface area contributed by atoms with Crippen LogP contribution in [0.2, 0.25) is 0 Å². The van der Waals surface area contributed by atoms with Gasteiger partial charge >= 0.3 is 0 Å². The molecule has 1 saturated heterocycles. The average Bonchev–Trinajstić information content (AvgIpc) is 3.24. The molecule has 1 N–H and O–H groups in total. The molecule has 0 saturated carbocycles. The van der Waals surface area contributed by atoms with Gasteiger partial charge in [0.1, 0.15) is 10.6 Å². The number of nitro benzene ring substituents is 1. The number of hydrogen-bond donors (Lipinski definition) is 1. The van der Waals surface area contributed by atoms with E-state index < -0.39 is 20.9 Å². The lowest BCUT2D eigenvalue weighted by molar-refractivity contribution is -0.384. The molecule has 1 fully saturated rings. The number of ether oxygens (including phenoxy) is 1. The van der Waals surface area contributed by atoms with Gasteiger partial charge in [-0.1, -0.05) is 6.07 Å². The SMILES string of the molecule is COc1ccc(C(=O)Nc2cc([N+](=O)[O-])ccc2C)cc1S(=O)(=O)N1CCCC1. The number of hydrogen-bond acceptors (Lipinski definition) is 6. The number of nitrogens with one attached hydrogen (secondary N) is 1. The number of aryl methyl sites for hydroxylation is 1. The predicted molar refractivity (Wildman–Crippen MR) is 107 cm³/mol. The first-order valence-corrected chi connectivity index (χ1v) is 10.4. The monoisotopic (exact) mass is 419 g/mol. The lowest BCUT2D eigenvalue weighted by Gasteiger charge is -2.18. The molecule has 9 nitrogen and oxygen atoms in total. The maximum atomic E-state index is 13.0. The van der Waals surface area contributed by atoms with Crippen molar-refractivity contribution in [3.63, 3.8) is 0 Å².